The first-order valence-corrected chi connectivity index (χ1v) is 16.1. The van der Waals surface area contributed by atoms with Crippen LogP contribution in [0.1, 0.15) is 53.9 Å². The van der Waals surface area contributed by atoms with Crippen LogP contribution in [-0.4, -0.2) is 67.4 Å². The Kier molecular flexibility index (Phi) is 10.7. The monoisotopic (exact) mass is 584 g/mol. The number of carbonyl (C=O) groups is 1. The molecule has 1 aliphatic heterocycles. The molecule has 2 atom stereocenters. The number of benzene rings is 2. The van der Waals surface area contributed by atoms with Crippen molar-refractivity contribution in [2.75, 3.05) is 35.0 Å². The van der Waals surface area contributed by atoms with Crippen molar-refractivity contribution in [3.63, 3.8) is 0 Å². The lowest BCUT2D eigenvalue weighted by Gasteiger charge is -2.47. The molecule has 2 heterocycles. The highest BCUT2D eigenvalue weighted by atomic mass is 32.3. The van der Waals surface area contributed by atoms with E-state index < -0.39 is 22.9 Å². The van der Waals surface area contributed by atoms with Gasteiger partial charge in [-0.15, -0.1) is 10.8 Å². The molecule has 41 heavy (non-hydrogen) atoms. The summed E-state index contributed by atoms with van der Waals surface area (Å²) in [6, 6.07) is 14.5. The highest BCUT2D eigenvalue weighted by Crippen LogP contribution is 2.50. The number of aryl methyl sites for hydroxylation is 2. The predicted octanol–water partition coefficient (Wildman–Crippen LogP) is 4.40. The van der Waals surface area contributed by atoms with Crippen molar-refractivity contribution < 1.29 is 19.0 Å². The third-order valence-corrected chi connectivity index (χ3v) is 9.29. The molecule has 2 aromatic carbocycles. The summed E-state index contributed by atoms with van der Waals surface area (Å²) in [6.45, 7) is 8.78. The van der Waals surface area contributed by atoms with Crippen molar-refractivity contribution in [1.29, 1.82) is 0 Å². The van der Waals surface area contributed by atoms with E-state index in [1.54, 1.807) is 16.4 Å². The number of nitrogens with one attached hydrogen (secondary N) is 3. The van der Waals surface area contributed by atoms with Crippen molar-refractivity contribution in [1.82, 2.24) is 20.4 Å². The number of anilines is 2. The van der Waals surface area contributed by atoms with E-state index in [0.717, 1.165) is 41.9 Å². The number of aromatic nitrogens is 2. The molecule has 10 nitrogen and oxygen atoms in total. The first-order valence-electron chi connectivity index (χ1n) is 14.4. The number of carbonyl (C=O) groups excluding carboxylic acids is 1. The van der Waals surface area contributed by atoms with E-state index in [9.17, 15) is 19.0 Å². The third kappa shape index (κ3) is 8.23. The molecule has 224 valence electrons. The molecule has 0 spiro atoms. The Labute approximate surface area is 244 Å². The molecular weight excluding hydrogens is 540 g/mol. The van der Waals surface area contributed by atoms with E-state index >= 15 is 0 Å². The molecule has 1 aliphatic rings. The van der Waals surface area contributed by atoms with Crippen LogP contribution in [0.5, 0.6) is 0 Å². The van der Waals surface area contributed by atoms with Gasteiger partial charge in [-0.25, -0.2) is 0 Å². The fourth-order valence-electron chi connectivity index (χ4n) is 5.09. The third-order valence-electron chi connectivity index (χ3n) is 7.35. The van der Waals surface area contributed by atoms with Gasteiger partial charge in [0.2, 0.25) is 0 Å². The number of aliphatic hydroxyl groups is 1. The van der Waals surface area contributed by atoms with Crippen molar-refractivity contribution in [2.24, 2.45) is 0 Å². The standard InChI is InChI=1S/C30H44N6O4S/c1-4-32-26-16-24(17-27(18-26)36-13-9-10-14-41(36,39)40)30(38)33-28(15-23-11-7-6-8-12-23)29(37)20-31-19-25-21-35(5-2)34-22(25)3/h6-8,11-12,16-18,21,28-29,31-32,37,39-40H,4-5,9-10,13-15,19-20H2,1-3H3,(H,33,38)/t28-,29+/m0/s1. The maximum Gasteiger partial charge on any atom is 0.251 e. The van der Waals surface area contributed by atoms with Crippen LogP contribution in [0.3, 0.4) is 0 Å². The summed E-state index contributed by atoms with van der Waals surface area (Å²) < 4.78 is 24.9. The summed E-state index contributed by atoms with van der Waals surface area (Å²) >= 11 is 0. The van der Waals surface area contributed by atoms with Crippen molar-refractivity contribution in [3.8, 4) is 0 Å². The maximum absolute atomic E-state index is 13.7. The van der Waals surface area contributed by atoms with Gasteiger partial charge in [-0.05, 0) is 63.8 Å². The Morgan fingerprint density at radius 1 is 1.12 bits per heavy atom. The first-order chi connectivity index (χ1) is 19.7. The van der Waals surface area contributed by atoms with Gasteiger partial charge >= 0.3 is 0 Å². The van der Waals surface area contributed by atoms with Crippen LogP contribution in [0.4, 0.5) is 11.4 Å². The van der Waals surface area contributed by atoms with Gasteiger partial charge < -0.3 is 21.1 Å². The minimum Gasteiger partial charge on any atom is -0.390 e. The molecule has 1 fully saturated rings. The van der Waals surface area contributed by atoms with Crippen LogP contribution in [0, 0.1) is 6.92 Å². The molecule has 4 rings (SSSR count). The molecule has 11 heteroatoms. The smallest absolute Gasteiger partial charge is 0.251 e. The lowest BCUT2D eigenvalue weighted by molar-refractivity contribution is 0.0830. The van der Waals surface area contributed by atoms with Crippen LogP contribution in [-0.2, 0) is 19.5 Å². The summed E-state index contributed by atoms with van der Waals surface area (Å²) in [4.78, 5) is 13.7. The Morgan fingerprint density at radius 2 is 1.90 bits per heavy atom. The molecule has 0 unspecified atom stereocenters. The molecule has 1 aromatic heterocycles. The van der Waals surface area contributed by atoms with Crippen molar-refractivity contribution in [3.05, 3.63) is 77.1 Å². The average molecular weight is 585 g/mol. The van der Waals surface area contributed by atoms with Gasteiger partial charge in [-0.3, -0.25) is 22.9 Å². The number of amides is 1. The number of aliphatic hydroxyl groups excluding tert-OH is 1. The Balaban J connectivity index is 1.52. The van der Waals surface area contributed by atoms with Crippen molar-refractivity contribution in [2.45, 2.75) is 65.3 Å². The molecule has 0 aliphatic carbocycles. The number of nitrogens with zero attached hydrogens (tertiary/aromatic N) is 3. The lowest BCUT2D eigenvalue weighted by Crippen LogP contribution is -2.48. The molecule has 3 aromatic rings. The minimum atomic E-state index is -2.94. The zero-order chi connectivity index (χ0) is 29.4. The minimum absolute atomic E-state index is 0.284. The maximum atomic E-state index is 13.7. The summed E-state index contributed by atoms with van der Waals surface area (Å²) in [5.41, 5.74) is 4.73. The van der Waals surface area contributed by atoms with E-state index in [1.807, 2.05) is 68.0 Å². The fraction of sp³-hybridized carbons (Fsp3) is 0.467. The van der Waals surface area contributed by atoms with Gasteiger partial charge in [-0.2, -0.15) is 5.10 Å². The number of rotatable bonds is 13. The Morgan fingerprint density at radius 3 is 2.59 bits per heavy atom. The summed E-state index contributed by atoms with van der Waals surface area (Å²) in [6.07, 6.45) is 3.21. The molecule has 0 radical (unpaired) electrons. The highest BCUT2D eigenvalue weighted by Gasteiger charge is 2.28. The predicted molar refractivity (Wildman–Crippen MR) is 167 cm³/mol. The molecule has 1 amide bonds. The van der Waals surface area contributed by atoms with Crippen LogP contribution >= 0.6 is 10.8 Å². The van der Waals surface area contributed by atoms with E-state index in [0.29, 0.717) is 43.1 Å². The van der Waals surface area contributed by atoms with Gasteiger partial charge in [0.1, 0.15) is 0 Å². The highest BCUT2D eigenvalue weighted by molar-refractivity contribution is 8.25. The quantitative estimate of drug-likeness (QED) is 0.174. The average Bonchev–Trinajstić information content (AvgIpc) is 3.32. The van der Waals surface area contributed by atoms with Crippen LogP contribution in [0.2, 0.25) is 0 Å². The summed E-state index contributed by atoms with van der Waals surface area (Å²) in [5.74, 6) is -0.0172. The van der Waals surface area contributed by atoms with Gasteiger partial charge in [0.25, 0.3) is 5.91 Å². The zero-order valence-corrected chi connectivity index (χ0v) is 25.0. The number of hydrogen-bond acceptors (Lipinski definition) is 8. The van der Waals surface area contributed by atoms with Gasteiger partial charge in [0.05, 0.1) is 29.3 Å². The SMILES string of the molecule is CCNc1cc(C(=O)N[C@@H](Cc2ccccc2)[C@H](O)CNCc2cn(CC)nc2C)cc(N2CCCCS2(O)O)c1. The Hall–Kier alpha value is -3.09. The van der Waals surface area contributed by atoms with Crippen LogP contribution in [0.25, 0.3) is 0 Å². The van der Waals surface area contributed by atoms with Gasteiger partial charge in [0, 0.05) is 55.7 Å². The largest absolute Gasteiger partial charge is 0.390 e. The zero-order valence-electron chi connectivity index (χ0n) is 24.2. The molecular formula is C30H44N6O4S. The van der Waals surface area contributed by atoms with Gasteiger partial charge in [0.15, 0.2) is 0 Å². The molecule has 6 N–H and O–H groups in total. The van der Waals surface area contributed by atoms with Crippen LogP contribution < -0.4 is 20.3 Å². The second-order valence-corrected chi connectivity index (χ2v) is 12.6. The first kappa shape index (κ1) is 30.9. The molecule has 0 saturated carbocycles. The van der Waals surface area contributed by atoms with E-state index in [2.05, 4.69) is 21.0 Å². The normalized spacial score (nSPS) is 17.1. The fourth-order valence-corrected chi connectivity index (χ4v) is 6.77. The second kappa shape index (κ2) is 14.2. The van der Waals surface area contributed by atoms with E-state index in [4.69, 9.17) is 0 Å². The molecule has 0 bridgehead atoms. The molecule has 1 saturated heterocycles. The lowest BCUT2D eigenvalue weighted by atomic mass is 10.00. The topological polar surface area (TPSA) is 135 Å². The van der Waals surface area contributed by atoms with Gasteiger partial charge in [-0.1, -0.05) is 30.3 Å². The summed E-state index contributed by atoms with van der Waals surface area (Å²) in [5, 5.41) is 25.4. The van der Waals surface area contributed by atoms with E-state index in [-0.39, 0.29) is 12.5 Å². The number of hydrogen-bond donors (Lipinski definition) is 6. The Bertz CT molecular complexity index is 1290. The van der Waals surface area contributed by atoms with Crippen LogP contribution in [0.15, 0.2) is 54.7 Å². The van der Waals surface area contributed by atoms with E-state index in [1.165, 1.54) is 0 Å². The second-order valence-electron chi connectivity index (χ2n) is 10.5. The summed E-state index contributed by atoms with van der Waals surface area (Å²) in [7, 11) is -2.94. The van der Waals surface area contributed by atoms with Crippen molar-refractivity contribution >= 4 is 28.1 Å².